The van der Waals surface area contributed by atoms with Crippen molar-refractivity contribution in [2.75, 3.05) is 11.9 Å². The Balaban J connectivity index is 2.06. The highest BCUT2D eigenvalue weighted by atomic mass is 28.4. The van der Waals surface area contributed by atoms with E-state index >= 15 is 0 Å². The lowest BCUT2D eigenvalue weighted by Crippen LogP contribution is -2.43. The Bertz CT molecular complexity index is 759. The zero-order valence-electron chi connectivity index (χ0n) is 15.5. The fraction of sp³-hybridized carbons (Fsp3) is 0.474. The molecule has 0 spiro atoms. The van der Waals surface area contributed by atoms with Gasteiger partial charge in [-0.25, -0.2) is 4.98 Å². The number of benzene rings is 1. The van der Waals surface area contributed by atoms with Gasteiger partial charge in [0, 0.05) is 23.3 Å². The number of fused-ring (bicyclic) bond motifs is 1. The maximum atomic E-state index is 9.12. The number of anilines is 1. The minimum Gasteiger partial charge on any atom is -0.415 e. The van der Waals surface area contributed by atoms with Gasteiger partial charge in [0.1, 0.15) is 11.8 Å². The molecule has 0 amide bonds. The zero-order chi connectivity index (χ0) is 18.0. The smallest absolute Gasteiger partial charge is 0.192 e. The molecular formula is C19H27N3OSi. The molecule has 0 bridgehead atoms. The quantitative estimate of drug-likeness (QED) is 0.784. The predicted octanol–water partition coefficient (Wildman–Crippen LogP) is 4.93. The molecule has 0 unspecified atom stereocenters. The first kappa shape index (κ1) is 18.4. The van der Waals surface area contributed by atoms with Gasteiger partial charge >= 0.3 is 0 Å². The van der Waals surface area contributed by atoms with Gasteiger partial charge in [-0.2, -0.15) is 5.26 Å². The Morgan fingerprint density at radius 1 is 1.29 bits per heavy atom. The highest BCUT2D eigenvalue weighted by Crippen LogP contribution is 2.36. The third-order valence-corrected chi connectivity index (χ3v) is 9.28. The fourth-order valence-electron chi connectivity index (χ4n) is 2.23. The summed E-state index contributed by atoms with van der Waals surface area (Å²) in [5.41, 5.74) is 1.50. The van der Waals surface area contributed by atoms with Crippen molar-refractivity contribution < 1.29 is 4.43 Å². The van der Waals surface area contributed by atoms with Crippen molar-refractivity contribution in [3.8, 4) is 6.07 Å². The van der Waals surface area contributed by atoms with Crippen LogP contribution in [0.2, 0.25) is 18.1 Å². The molecule has 0 saturated heterocycles. The molecular weight excluding hydrogens is 314 g/mol. The van der Waals surface area contributed by atoms with Gasteiger partial charge in [0.25, 0.3) is 0 Å². The van der Waals surface area contributed by atoms with E-state index in [1.807, 2.05) is 18.2 Å². The summed E-state index contributed by atoms with van der Waals surface area (Å²) in [5.74, 6) is 0. The molecule has 0 aliphatic heterocycles. The van der Waals surface area contributed by atoms with E-state index in [-0.39, 0.29) is 11.1 Å². The number of pyridine rings is 1. The molecule has 0 aliphatic carbocycles. The van der Waals surface area contributed by atoms with E-state index in [0.717, 1.165) is 16.5 Å². The van der Waals surface area contributed by atoms with Crippen LogP contribution in [-0.4, -0.2) is 26.0 Å². The van der Waals surface area contributed by atoms with Gasteiger partial charge < -0.3 is 9.74 Å². The largest absolute Gasteiger partial charge is 0.415 e. The van der Waals surface area contributed by atoms with Gasteiger partial charge in [0.05, 0.1) is 6.61 Å². The number of aromatic nitrogens is 1. The Labute approximate surface area is 146 Å². The lowest BCUT2D eigenvalue weighted by atomic mass is 10.1. The Morgan fingerprint density at radius 3 is 2.62 bits per heavy atom. The molecule has 0 fully saturated rings. The van der Waals surface area contributed by atoms with Crippen LogP contribution in [0.25, 0.3) is 10.8 Å². The van der Waals surface area contributed by atoms with Gasteiger partial charge in [-0.1, -0.05) is 20.8 Å². The molecule has 1 N–H and O–H groups in total. The average molecular weight is 342 g/mol. The number of nitriles is 1. The lowest BCUT2D eigenvalue weighted by Gasteiger charge is -2.37. The Kier molecular flexibility index (Phi) is 5.31. The number of rotatable bonds is 5. The fourth-order valence-corrected chi connectivity index (χ4v) is 3.33. The van der Waals surface area contributed by atoms with E-state index in [2.05, 4.69) is 63.2 Å². The first-order valence-corrected chi connectivity index (χ1v) is 11.2. The number of hydrogen-bond acceptors (Lipinski definition) is 4. The van der Waals surface area contributed by atoms with Crippen LogP contribution in [0.5, 0.6) is 0 Å². The second-order valence-corrected chi connectivity index (χ2v) is 12.6. The molecule has 5 heteroatoms. The van der Waals surface area contributed by atoms with Gasteiger partial charge in [-0.15, -0.1) is 0 Å². The zero-order valence-corrected chi connectivity index (χ0v) is 16.5. The van der Waals surface area contributed by atoms with Crippen molar-refractivity contribution in [1.82, 2.24) is 4.98 Å². The molecule has 1 atom stereocenters. The van der Waals surface area contributed by atoms with Crippen molar-refractivity contribution in [2.24, 2.45) is 0 Å². The molecule has 2 rings (SSSR count). The minimum absolute atomic E-state index is 0.217. The first-order valence-electron chi connectivity index (χ1n) is 8.33. The summed E-state index contributed by atoms with van der Waals surface area (Å²) in [6.45, 7) is 14.1. The lowest BCUT2D eigenvalue weighted by molar-refractivity contribution is 0.276. The molecule has 0 aliphatic rings. The summed E-state index contributed by atoms with van der Waals surface area (Å²) in [6, 6.07) is 10.3. The monoisotopic (exact) mass is 341 g/mol. The maximum absolute atomic E-state index is 9.12. The number of nitrogens with zero attached hydrogens (tertiary/aromatic N) is 2. The van der Waals surface area contributed by atoms with E-state index in [0.29, 0.717) is 12.3 Å². The van der Waals surface area contributed by atoms with Gasteiger partial charge in [-0.3, -0.25) is 0 Å². The summed E-state index contributed by atoms with van der Waals surface area (Å²) in [7, 11) is -1.73. The van der Waals surface area contributed by atoms with Gasteiger partial charge in [0.2, 0.25) is 0 Å². The van der Waals surface area contributed by atoms with Crippen molar-refractivity contribution in [3.63, 3.8) is 0 Å². The SMILES string of the molecule is C[C@H](CO[Si](C)(C)C(C)(C)C)Nc1ccc2c(C#N)nccc2c1. The first-order chi connectivity index (χ1) is 11.1. The van der Waals surface area contributed by atoms with Crippen LogP contribution in [0.1, 0.15) is 33.4 Å². The predicted molar refractivity (Wildman–Crippen MR) is 103 cm³/mol. The summed E-state index contributed by atoms with van der Waals surface area (Å²) >= 11 is 0. The molecule has 4 nitrogen and oxygen atoms in total. The van der Waals surface area contributed by atoms with Gasteiger partial charge in [0.15, 0.2) is 8.32 Å². The van der Waals surface area contributed by atoms with Crippen LogP contribution in [0, 0.1) is 11.3 Å². The molecule has 2 aromatic rings. The maximum Gasteiger partial charge on any atom is 0.192 e. The summed E-state index contributed by atoms with van der Waals surface area (Å²) in [5, 5.41) is 14.7. The van der Waals surface area contributed by atoms with Crippen LogP contribution in [0.3, 0.4) is 0 Å². The molecule has 1 aromatic carbocycles. The van der Waals surface area contributed by atoms with E-state index in [1.165, 1.54) is 0 Å². The normalized spacial score (nSPS) is 13.5. The third kappa shape index (κ3) is 4.14. The third-order valence-electron chi connectivity index (χ3n) is 4.78. The molecule has 1 heterocycles. The minimum atomic E-state index is -1.73. The van der Waals surface area contributed by atoms with E-state index in [4.69, 9.17) is 9.69 Å². The summed E-state index contributed by atoms with van der Waals surface area (Å²) in [4.78, 5) is 4.10. The molecule has 0 radical (unpaired) electrons. The second-order valence-electron chi connectivity index (χ2n) is 7.82. The van der Waals surface area contributed by atoms with Crippen molar-refractivity contribution in [1.29, 1.82) is 5.26 Å². The van der Waals surface area contributed by atoms with Crippen LogP contribution < -0.4 is 5.32 Å². The van der Waals surface area contributed by atoms with Crippen LogP contribution in [0.4, 0.5) is 5.69 Å². The van der Waals surface area contributed by atoms with E-state index in [9.17, 15) is 0 Å². The Hall–Kier alpha value is -1.90. The molecule has 1 aromatic heterocycles. The second kappa shape index (κ2) is 6.92. The van der Waals surface area contributed by atoms with Crippen molar-refractivity contribution >= 4 is 24.8 Å². The van der Waals surface area contributed by atoms with Crippen molar-refractivity contribution in [3.05, 3.63) is 36.2 Å². The molecule has 128 valence electrons. The summed E-state index contributed by atoms with van der Waals surface area (Å²) < 4.78 is 6.28. The highest BCUT2D eigenvalue weighted by molar-refractivity contribution is 6.74. The topological polar surface area (TPSA) is 57.9 Å². The molecule has 24 heavy (non-hydrogen) atoms. The standard InChI is InChI=1S/C19H27N3OSi/c1-14(13-23-24(5,6)19(2,3)4)22-16-7-8-17-15(11-16)9-10-21-18(17)12-20/h7-11,14,22H,13H2,1-6H3/t14-/m1/s1. The number of nitrogens with one attached hydrogen (secondary N) is 1. The summed E-state index contributed by atoms with van der Waals surface area (Å²) in [6.07, 6.45) is 1.68. The molecule has 0 saturated carbocycles. The van der Waals surface area contributed by atoms with E-state index in [1.54, 1.807) is 6.20 Å². The van der Waals surface area contributed by atoms with Crippen LogP contribution in [0.15, 0.2) is 30.5 Å². The Morgan fingerprint density at radius 2 is 2.00 bits per heavy atom. The average Bonchev–Trinajstić information content (AvgIpc) is 2.51. The van der Waals surface area contributed by atoms with Crippen LogP contribution >= 0.6 is 0 Å². The van der Waals surface area contributed by atoms with Crippen molar-refractivity contribution in [2.45, 2.75) is 51.9 Å². The number of hydrogen-bond donors (Lipinski definition) is 1. The van der Waals surface area contributed by atoms with E-state index < -0.39 is 8.32 Å². The van der Waals surface area contributed by atoms with Gasteiger partial charge in [-0.05, 0) is 54.7 Å². The highest BCUT2D eigenvalue weighted by Gasteiger charge is 2.37. The van der Waals surface area contributed by atoms with Crippen LogP contribution in [-0.2, 0) is 4.43 Å².